The highest BCUT2D eigenvalue weighted by molar-refractivity contribution is 4.92. The third-order valence-electron chi connectivity index (χ3n) is 3.99. The highest BCUT2D eigenvalue weighted by atomic mass is 16.3. The summed E-state index contributed by atoms with van der Waals surface area (Å²) in [5, 5.41) is 13.0. The highest BCUT2D eigenvalue weighted by Crippen LogP contribution is 2.28. The van der Waals surface area contributed by atoms with Crippen molar-refractivity contribution in [2.45, 2.75) is 44.1 Å². The van der Waals surface area contributed by atoms with Crippen molar-refractivity contribution in [2.75, 3.05) is 32.8 Å². The minimum Gasteiger partial charge on any atom is -0.394 e. The van der Waals surface area contributed by atoms with Crippen LogP contribution < -0.4 is 5.32 Å². The van der Waals surface area contributed by atoms with Crippen molar-refractivity contribution in [3.63, 3.8) is 0 Å². The summed E-state index contributed by atoms with van der Waals surface area (Å²) < 4.78 is 0. The van der Waals surface area contributed by atoms with Gasteiger partial charge in [0.05, 0.1) is 6.61 Å². The van der Waals surface area contributed by atoms with Crippen LogP contribution in [0.4, 0.5) is 0 Å². The van der Waals surface area contributed by atoms with E-state index >= 15 is 0 Å². The van der Waals surface area contributed by atoms with Crippen LogP contribution in [0, 0.1) is 0 Å². The van der Waals surface area contributed by atoms with Gasteiger partial charge in [-0.3, -0.25) is 0 Å². The van der Waals surface area contributed by atoms with Gasteiger partial charge in [0.2, 0.25) is 0 Å². The molecule has 15 heavy (non-hydrogen) atoms. The average molecular weight is 212 g/mol. The Morgan fingerprint density at radius 3 is 2.33 bits per heavy atom. The number of nitrogens with zero attached hydrogens (tertiary/aromatic N) is 1. The summed E-state index contributed by atoms with van der Waals surface area (Å²) in [6.07, 6.45) is 7.60. The fourth-order valence-corrected chi connectivity index (χ4v) is 2.93. The number of likely N-dealkylation sites (tertiary alicyclic amines) is 1. The second-order valence-corrected chi connectivity index (χ2v) is 5.12. The van der Waals surface area contributed by atoms with Crippen molar-refractivity contribution in [1.29, 1.82) is 0 Å². The Bertz CT molecular complexity index is 184. The van der Waals surface area contributed by atoms with Gasteiger partial charge in [0.1, 0.15) is 0 Å². The summed E-state index contributed by atoms with van der Waals surface area (Å²) in [6, 6.07) is 0. The number of aliphatic hydroxyl groups is 1. The maximum Gasteiger partial charge on any atom is 0.0613 e. The number of nitrogens with one attached hydrogen (secondary N) is 1. The van der Waals surface area contributed by atoms with Crippen LogP contribution in [0.3, 0.4) is 0 Å². The van der Waals surface area contributed by atoms with Crippen LogP contribution in [0.2, 0.25) is 0 Å². The van der Waals surface area contributed by atoms with E-state index in [2.05, 4.69) is 10.2 Å². The van der Waals surface area contributed by atoms with Gasteiger partial charge in [-0.15, -0.1) is 0 Å². The van der Waals surface area contributed by atoms with Gasteiger partial charge in [-0.25, -0.2) is 0 Å². The van der Waals surface area contributed by atoms with Crippen molar-refractivity contribution in [2.24, 2.45) is 0 Å². The third kappa shape index (κ3) is 2.92. The van der Waals surface area contributed by atoms with Crippen LogP contribution in [0.25, 0.3) is 0 Å². The SMILES string of the molecule is OCC1(NCCN2CCCC2)CCCC1. The Kier molecular flexibility index (Phi) is 4.00. The molecule has 1 saturated carbocycles. The summed E-state index contributed by atoms with van der Waals surface area (Å²) in [5.74, 6) is 0. The third-order valence-corrected chi connectivity index (χ3v) is 3.99. The van der Waals surface area contributed by atoms with Crippen LogP contribution in [-0.2, 0) is 0 Å². The minimum atomic E-state index is 0.0692. The lowest BCUT2D eigenvalue weighted by Gasteiger charge is -2.29. The van der Waals surface area contributed by atoms with Crippen LogP contribution in [0.15, 0.2) is 0 Å². The van der Waals surface area contributed by atoms with Crippen molar-refractivity contribution in [3.05, 3.63) is 0 Å². The van der Waals surface area contributed by atoms with Gasteiger partial charge < -0.3 is 15.3 Å². The van der Waals surface area contributed by atoms with Gasteiger partial charge in [-0.2, -0.15) is 0 Å². The normalized spacial score (nSPS) is 26.2. The number of aliphatic hydroxyl groups excluding tert-OH is 1. The second-order valence-electron chi connectivity index (χ2n) is 5.12. The molecule has 3 heteroatoms. The molecule has 0 spiro atoms. The van der Waals surface area contributed by atoms with E-state index in [0.717, 1.165) is 25.9 Å². The lowest BCUT2D eigenvalue weighted by atomic mass is 9.99. The van der Waals surface area contributed by atoms with Crippen LogP contribution >= 0.6 is 0 Å². The largest absolute Gasteiger partial charge is 0.394 e. The molecule has 2 fully saturated rings. The van der Waals surface area contributed by atoms with Gasteiger partial charge in [-0.05, 0) is 38.8 Å². The zero-order chi connectivity index (χ0) is 10.6. The molecular formula is C12H24N2O. The molecule has 0 unspecified atom stereocenters. The molecule has 2 aliphatic rings. The fraction of sp³-hybridized carbons (Fsp3) is 1.00. The van der Waals surface area contributed by atoms with Crippen molar-refractivity contribution in [3.8, 4) is 0 Å². The van der Waals surface area contributed by atoms with Crippen molar-refractivity contribution < 1.29 is 5.11 Å². The summed E-state index contributed by atoms with van der Waals surface area (Å²) in [7, 11) is 0. The second kappa shape index (κ2) is 5.28. The number of rotatable bonds is 5. The molecule has 88 valence electrons. The van der Waals surface area contributed by atoms with Crippen LogP contribution in [0.1, 0.15) is 38.5 Å². The van der Waals surface area contributed by atoms with E-state index in [-0.39, 0.29) is 5.54 Å². The number of hydrogen-bond acceptors (Lipinski definition) is 3. The molecule has 0 aromatic carbocycles. The Labute approximate surface area is 92.8 Å². The molecule has 2 rings (SSSR count). The first kappa shape index (κ1) is 11.4. The van der Waals surface area contributed by atoms with E-state index in [0.29, 0.717) is 6.61 Å². The summed E-state index contributed by atoms with van der Waals surface area (Å²) in [6.45, 7) is 5.05. The smallest absolute Gasteiger partial charge is 0.0613 e. The summed E-state index contributed by atoms with van der Waals surface area (Å²) >= 11 is 0. The zero-order valence-electron chi connectivity index (χ0n) is 9.67. The molecule has 0 atom stereocenters. The highest BCUT2D eigenvalue weighted by Gasteiger charge is 2.32. The average Bonchev–Trinajstić information content (AvgIpc) is 2.89. The van der Waals surface area contributed by atoms with Crippen LogP contribution in [-0.4, -0.2) is 48.3 Å². The van der Waals surface area contributed by atoms with E-state index in [9.17, 15) is 5.11 Å². The van der Waals surface area contributed by atoms with E-state index in [1.165, 1.54) is 38.8 Å². The van der Waals surface area contributed by atoms with Gasteiger partial charge in [-0.1, -0.05) is 12.8 Å². The molecule has 0 aromatic rings. The predicted octanol–water partition coefficient (Wildman–Crippen LogP) is 0.977. The quantitative estimate of drug-likeness (QED) is 0.713. The lowest BCUT2D eigenvalue weighted by molar-refractivity contribution is 0.160. The standard InChI is InChI=1S/C12H24N2O/c15-11-12(5-1-2-6-12)13-7-10-14-8-3-4-9-14/h13,15H,1-11H2. The van der Waals surface area contributed by atoms with Crippen LogP contribution in [0.5, 0.6) is 0 Å². The van der Waals surface area contributed by atoms with E-state index in [1.807, 2.05) is 0 Å². The van der Waals surface area contributed by atoms with Gasteiger partial charge >= 0.3 is 0 Å². The number of hydrogen-bond donors (Lipinski definition) is 2. The molecule has 1 aliphatic carbocycles. The summed E-state index contributed by atoms with van der Waals surface area (Å²) in [4.78, 5) is 2.52. The van der Waals surface area contributed by atoms with Gasteiger partial charge in [0.25, 0.3) is 0 Å². The molecule has 2 N–H and O–H groups in total. The Hall–Kier alpha value is -0.120. The maximum atomic E-state index is 9.43. The topological polar surface area (TPSA) is 35.5 Å². The summed E-state index contributed by atoms with van der Waals surface area (Å²) in [5.41, 5.74) is 0.0692. The maximum absolute atomic E-state index is 9.43. The molecular weight excluding hydrogens is 188 g/mol. The Morgan fingerprint density at radius 2 is 1.73 bits per heavy atom. The van der Waals surface area contributed by atoms with Gasteiger partial charge in [0.15, 0.2) is 0 Å². The lowest BCUT2D eigenvalue weighted by Crippen LogP contribution is -2.48. The Balaban J connectivity index is 1.67. The molecule has 0 amide bonds. The van der Waals surface area contributed by atoms with E-state index in [4.69, 9.17) is 0 Å². The molecule has 0 aromatic heterocycles. The zero-order valence-corrected chi connectivity index (χ0v) is 9.67. The predicted molar refractivity (Wildman–Crippen MR) is 62.0 cm³/mol. The monoisotopic (exact) mass is 212 g/mol. The first-order valence-corrected chi connectivity index (χ1v) is 6.43. The first-order valence-electron chi connectivity index (χ1n) is 6.43. The van der Waals surface area contributed by atoms with E-state index in [1.54, 1.807) is 0 Å². The molecule has 3 nitrogen and oxygen atoms in total. The molecule has 0 radical (unpaired) electrons. The van der Waals surface area contributed by atoms with Gasteiger partial charge in [0, 0.05) is 18.6 Å². The first-order chi connectivity index (χ1) is 7.35. The minimum absolute atomic E-state index is 0.0692. The molecule has 1 saturated heterocycles. The van der Waals surface area contributed by atoms with E-state index < -0.39 is 0 Å². The molecule has 0 bridgehead atoms. The fourth-order valence-electron chi connectivity index (χ4n) is 2.93. The molecule has 1 heterocycles. The molecule has 1 aliphatic heterocycles. The van der Waals surface area contributed by atoms with Crippen molar-refractivity contribution in [1.82, 2.24) is 10.2 Å². The van der Waals surface area contributed by atoms with Crippen molar-refractivity contribution >= 4 is 0 Å². The Morgan fingerprint density at radius 1 is 1.07 bits per heavy atom.